The van der Waals surface area contributed by atoms with E-state index in [4.69, 9.17) is 0 Å². The van der Waals surface area contributed by atoms with Gasteiger partial charge in [-0.15, -0.1) is 11.3 Å². The van der Waals surface area contributed by atoms with Crippen molar-refractivity contribution in [2.45, 2.75) is 24.9 Å². The smallest absolute Gasteiger partial charge is 0.338 e. The lowest BCUT2D eigenvalue weighted by atomic mass is 9.91. The Balaban J connectivity index is 1.43. The van der Waals surface area contributed by atoms with Gasteiger partial charge in [-0.05, 0) is 42.6 Å². The van der Waals surface area contributed by atoms with Crippen LogP contribution in [0.3, 0.4) is 0 Å². The Kier molecular flexibility index (Phi) is 4.96. The number of piperidine rings is 1. The van der Waals surface area contributed by atoms with Crippen LogP contribution in [0.25, 0.3) is 10.1 Å². The lowest BCUT2D eigenvalue weighted by Crippen LogP contribution is -2.37. The Hall–Kier alpha value is -2.26. The van der Waals surface area contributed by atoms with E-state index in [0.29, 0.717) is 24.4 Å². The predicted octanol–water partition coefficient (Wildman–Crippen LogP) is 5.12. The van der Waals surface area contributed by atoms with E-state index in [1.54, 1.807) is 4.90 Å². The van der Waals surface area contributed by atoms with E-state index in [0.717, 1.165) is 34.7 Å². The van der Waals surface area contributed by atoms with E-state index in [2.05, 4.69) is 10.4 Å². The topological polar surface area (TPSA) is 50.3 Å². The van der Waals surface area contributed by atoms with Crippen molar-refractivity contribution < 1.29 is 22.8 Å². The molecular formula is C19H15F3N2O2S2. The molecule has 1 aliphatic heterocycles. The molecule has 0 radical (unpaired) electrons. The Morgan fingerprint density at radius 2 is 1.71 bits per heavy atom. The second kappa shape index (κ2) is 7.29. The normalized spacial score (nSPS) is 15.9. The summed E-state index contributed by atoms with van der Waals surface area (Å²) >= 11 is 2.06. The minimum Gasteiger partial charge on any atom is -0.338 e. The van der Waals surface area contributed by atoms with E-state index in [1.807, 2.05) is 18.2 Å². The molecule has 0 unspecified atom stereocenters. The van der Waals surface area contributed by atoms with Crippen LogP contribution in [-0.2, 0) is 0 Å². The number of hydrogen-bond donors (Lipinski definition) is 0. The van der Waals surface area contributed by atoms with Crippen LogP contribution < -0.4 is 0 Å². The standard InChI is InChI=1S/C19H15F3N2O2S2/c20-19(21,22)17(25)14-5-6-15(27-14)18(26)24-9-7-11(8-10-24)16-12-3-1-2-4-13(12)28-23-16/h1-6,11H,7-10H2. The van der Waals surface area contributed by atoms with Crippen LogP contribution in [0.15, 0.2) is 36.4 Å². The molecule has 1 amide bonds. The number of Topliss-reactive ketones (excluding diaryl/α,β-unsaturated/α-hetero) is 1. The number of halogens is 3. The molecule has 0 spiro atoms. The Morgan fingerprint density at radius 1 is 1.04 bits per heavy atom. The fourth-order valence-electron chi connectivity index (χ4n) is 3.43. The van der Waals surface area contributed by atoms with Crippen LogP contribution in [0, 0.1) is 0 Å². The highest BCUT2D eigenvalue weighted by Gasteiger charge is 2.40. The van der Waals surface area contributed by atoms with Crippen molar-refractivity contribution in [1.29, 1.82) is 0 Å². The second-order valence-electron chi connectivity index (χ2n) is 6.62. The van der Waals surface area contributed by atoms with Crippen LogP contribution in [0.4, 0.5) is 13.2 Å². The number of nitrogens with zero attached hydrogens (tertiary/aromatic N) is 2. The highest BCUT2D eigenvalue weighted by Crippen LogP contribution is 2.35. The molecule has 28 heavy (non-hydrogen) atoms. The Labute approximate surface area is 166 Å². The lowest BCUT2D eigenvalue weighted by molar-refractivity contribution is -0.0882. The van der Waals surface area contributed by atoms with Crippen molar-refractivity contribution in [1.82, 2.24) is 9.27 Å². The minimum atomic E-state index is -4.93. The summed E-state index contributed by atoms with van der Waals surface area (Å²) in [6.45, 7) is 1.02. The monoisotopic (exact) mass is 424 g/mol. The second-order valence-corrected chi connectivity index (χ2v) is 8.51. The number of rotatable bonds is 3. The molecule has 4 rings (SSSR count). The molecule has 1 fully saturated rings. The maximum atomic E-state index is 12.6. The number of carbonyl (C=O) groups excluding carboxylic acids is 2. The largest absolute Gasteiger partial charge is 0.455 e. The molecule has 1 aliphatic rings. The maximum Gasteiger partial charge on any atom is 0.455 e. The third kappa shape index (κ3) is 3.56. The first-order valence-corrected chi connectivity index (χ1v) is 10.3. The van der Waals surface area contributed by atoms with Gasteiger partial charge in [0.2, 0.25) is 0 Å². The number of hydrogen-bond acceptors (Lipinski definition) is 5. The van der Waals surface area contributed by atoms with Crippen LogP contribution >= 0.6 is 22.9 Å². The summed E-state index contributed by atoms with van der Waals surface area (Å²) in [5.74, 6) is -1.98. The van der Waals surface area contributed by atoms with Gasteiger partial charge in [0.15, 0.2) is 0 Å². The fraction of sp³-hybridized carbons (Fsp3) is 0.316. The molecule has 0 atom stereocenters. The first-order valence-electron chi connectivity index (χ1n) is 8.69. The molecule has 2 aromatic heterocycles. The zero-order chi connectivity index (χ0) is 19.9. The van der Waals surface area contributed by atoms with Gasteiger partial charge in [-0.2, -0.15) is 17.5 Å². The predicted molar refractivity (Wildman–Crippen MR) is 102 cm³/mol. The highest BCUT2D eigenvalue weighted by molar-refractivity contribution is 7.16. The van der Waals surface area contributed by atoms with E-state index in [1.165, 1.54) is 17.6 Å². The van der Waals surface area contributed by atoms with Gasteiger partial charge in [-0.25, -0.2) is 0 Å². The third-order valence-electron chi connectivity index (χ3n) is 4.87. The molecule has 0 N–H and O–H groups in total. The Bertz CT molecular complexity index is 1030. The number of amides is 1. The SMILES string of the molecule is O=C(c1ccc(C(=O)C(F)(F)F)s1)N1CCC(c2nsc3ccccc23)CC1. The van der Waals surface area contributed by atoms with E-state index >= 15 is 0 Å². The zero-order valence-corrected chi connectivity index (χ0v) is 16.2. The number of alkyl halides is 3. The van der Waals surface area contributed by atoms with Gasteiger partial charge in [-0.3, -0.25) is 9.59 Å². The number of fused-ring (bicyclic) bond motifs is 1. The van der Waals surface area contributed by atoms with Gasteiger partial charge >= 0.3 is 6.18 Å². The highest BCUT2D eigenvalue weighted by atomic mass is 32.1. The van der Waals surface area contributed by atoms with Crippen molar-refractivity contribution in [3.05, 3.63) is 51.8 Å². The summed E-state index contributed by atoms with van der Waals surface area (Å²) in [4.78, 5) is 25.3. The molecule has 4 nitrogen and oxygen atoms in total. The molecule has 1 aromatic carbocycles. The van der Waals surface area contributed by atoms with E-state index in [-0.39, 0.29) is 16.7 Å². The summed E-state index contributed by atoms with van der Waals surface area (Å²) in [6.07, 6.45) is -3.43. The van der Waals surface area contributed by atoms with Gasteiger partial charge in [-0.1, -0.05) is 18.2 Å². The lowest BCUT2D eigenvalue weighted by Gasteiger charge is -2.31. The van der Waals surface area contributed by atoms with Crippen molar-refractivity contribution >= 4 is 44.6 Å². The number of benzene rings is 1. The molecule has 0 saturated carbocycles. The van der Waals surface area contributed by atoms with Gasteiger partial charge in [0.25, 0.3) is 11.7 Å². The quantitative estimate of drug-likeness (QED) is 0.548. The zero-order valence-electron chi connectivity index (χ0n) is 14.5. The average Bonchev–Trinajstić information content (AvgIpc) is 3.33. The molecule has 0 bridgehead atoms. The van der Waals surface area contributed by atoms with E-state index in [9.17, 15) is 22.8 Å². The summed E-state index contributed by atoms with van der Waals surface area (Å²) in [5, 5.41) is 1.14. The summed E-state index contributed by atoms with van der Waals surface area (Å²) < 4.78 is 43.4. The Morgan fingerprint density at radius 3 is 2.43 bits per heavy atom. The minimum absolute atomic E-state index is 0.158. The molecule has 146 valence electrons. The molecule has 1 saturated heterocycles. The summed E-state index contributed by atoms with van der Waals surface area (Å²) in [6, 6.07) is 10.4. The third-order valence-corrected chi connectivity index (χ3v) is 6.78. The van der Waals surface area contributed by atoms with Crippen molar-refractivity contribution in [2.24, 2.45) is 0 Å². The van der Waals surface area contributed by atoms with Crippen LogP contribution in [-0.4, -0.2) is 40.2 Å². The maximum absolute atomic E-state index is 12.6. The average molecular weight is 424 g/mol. The van der Waals surface area contributed by atoms with Gasteiger partial charge in [0, 0.05) is 24.4 Å². The van der Waals surface area contributed by atoms with Crippen molar-refractivity contribution in [3.63, 3.8) is 0 Å². The fourth-order valence-corrected chi connectivity index (χ4v) is 5.21. The first-order chi connectivity index (χ1) is 13.3. The summed E-state index contributed by atoms with van der Waals surface area (Å²) in [5.41, 5.74) is 1.06. The van der Waals surface area contributed by atoms with Crippen molar-refractivity contribution in [2.75, 3.05) is 13.1 Å². The molecule has 0 aliphatic carbocycles. The number of thiophene rings is 1. The molecule has 9 heteroatoms. The van der Waals surface area contributed by atoms with Crippen LogP contribution in [0.5, 0.6) is 0 Å². The first kappa shape index (κ1) is 19.1. The van der Waals surface area contributed by atoms with Gasteiger partial charge in [0.05, 0.1) is 20.1 Å². The van der Waals surface area contributed by atoms with E-state index < -0.39 is 16.8 Å². The number of ketones is 1. The number of aromatic nitrogens is 1. The van der Waals surface area contributed by atoms with Gasteiger partial charge in [0.1, 0.15) is 0 Å². The molecule has 3 aromatic rings. The number of carbonyl (C=O) groups is 2. The van der Waals surface area contributed by atoms with Crippen molar-refractivity contribution in [3.8, 4) is 0 Å². The number of likely N-dealkylation sites (tertiary alicyclic amines) is 1. The van der Waals surface area contributed by atoms with Crippen LogP contribution in [0.1, 0.15) is 43.8 Å². The molecule has 3 heterocycles. The molecular weight excluding hydrogens is 409 g/mol. The summed E-state index contributed by atoms with van der Waals surface area (Å²) in [7, 11) is 0. The van der Waals surface area contributed by atoms with Gasteiger partial charge < -0.3 is 4.90 Å². The van der Waals surface area contributed by atoms with Crippen LogP contribution in [0.2, 0.25) is 0 Å².